The SMILES string of the molecule is C.C.CC(C)(C)OC(=O)N1CCN(Cc2cccs2)CC1.CC(C)(C)OC(=O)N1CCNCC1.ClCc1cccs1.O=S(Cl)Cl.OCc1cccs1.[3H]F.[3H]F.c1csc(CN2CCNCC2)c1. The van der Waals surface area contributed by atoms with E-state index >= 15 is 0 Å². The van der Waals surface area contributed by atoms with Gasteiger partial charge in [-0.1, -0.05) is 39.1 Å². The molecule has 0 aromatic carbocycles. The Morgan fingerprint density at radius 3 is 1.24 bits per heavy atom. The average Bonchev–Trinajstić information content (AvgIpc) is 4.16. The molecule has 7 heterocycles. The molecule has 0 radical (unpaired) electrons. The molecule has 3 aliphatic heterocycles. The molecule has 66 heavy (non-hydrogen) atoms. The van der Waals surface area contributed by atoms with Crippen LogP contribution in [0.15, 0.2) is 70.1 Å². The summed E-state index contributed by atoms with van der Waals surface area (Å²) in [5, 5.41) is 23.2. The van der Waals surface area contributed by atoms with Crippen LogP contribution in [0.5, 0.6) is 0 Å². The van der Waals surface area contributed by atoms with Crippen LogP contribution < -0.4 is 10.6 Å². The van der Waals surface area contributed by atoms with Crippen LogP contribution in [0.25, 0.3) is 0 Å². The minimum Gasteiger partial charge on any atom is -0.444 e. The van der Waals surface area contributed by atoms with E-state index in [4.69, 9.17) is 39.8 Å². The first-order chi connectivity index (χ1) is 31.5. The van der Waals surface area contributed by atoms with Crippen LogP contribution in [-0.4, -0.2) is 134 Å². The van der Waals surface area contributed by atoms with E-state index in [0.717, 1.165) is 83.4 Å². The maximum atomic E-state index is 11.9. The first-order valence-electron chi connectivity index (χ1n) is 21.1. The van der Waals surface area contributed by atoms with E-state index in [1.165, 1.54) is 27.7 Å². The third kappa shape index (κ3) is 34.3. The van der Waals surface area contributed by atoms with Crippen molar-refractivity contribution in [2.75, 3.05) is 78.5 Å². The van der Waals surface area contributed by atoms with Crippen molar-refractivity contribution in [1.82, 2.24) is 30.2 Å². The number of carbonyl (C=O) groups excluding carboxylic acids is 2. The highest BCUT2D eigenvalue weighted by molar-refractivity contribution is 8.26. The lowest BCUT2D eigenvalue weighted by Gasteiger charge is -2.35. The molecule has 4 aromatic rings. The minimum absolute atomic E-state index is 0. The van der Waals surface area contributed by atoms with E-state index in [-0.39, 0.29) is 39.2 Å². The van der Waals surface area contributed by atoms with Crippen LogP contribution in [-0.2, 0) is 44.3 Å². The number of piperazine rings is 3. The zero-order valence-corrected chi connectivity index (χ0v) is 43.8. The number of hydrogen-bond acceptors (Lipinski definition) is 14. The summed E-state index contributed by atoms with van der Waals surface area (Å²) >= 11 is 12.4. The maximum Gasteiger partial charge on any atom is 0.410 e. The number of carbonyl (C=O) groups is 2. The van der Waals surface area contributed by atoms with Crippen LogP contribution in [0.1, 0.15) is 75.9 Å². The number of thiophene rings is 4. The number of amides is 2. The number of nitrogens with zero attached hydrogens (tertiary/aromatic N) is 4. The Labute approximate surface area is 429 Å². The molecule has 7 rings (SSSR count). The normalized spacial score (nSPS) is 15.0. The molecule has 382 valence electrons. The number of aliphatic hydroxyl groups is 1. The van der Waals surface area contributed by atoms with Crippen molar-refractivity contribution < 1.29 is 37.8 Å². The largest absolute Gasteiger partial charge is 0.444 e. The second-order valence-electron chi connectivity index (χ2n) is 15.8. The molecule has 22 heteroatoms. The second kappa shape index (κ2) is 38.8. The fourth-order valence-electron chi connectivity index (χ4n) is 5.50. The van der Waals surface area contributed by atoms with E-state index in [2.05, 4.69) is 79.7 Å². The standard InChI is InChI=1S/C14H22N2O2S.C9H18N2O2.C9H14N2S.C5H5ClS.C5H6OS.2CH4.Cl2OS.2FH/c1-14(2,3)18-13(17)16-8-6-15(7-9-16)11-12-5-4-10-19-12;1-9(2,3)13-8(12)11-6-4-10-5-7-11;1-2-9(12-7-1)8-11-5-3-10-4-6-11;2*6-4-5-2-1-3-7-5;;;1-4(2)3;;/h4-5,10H,6-9,11H2,1-3H3;10H,4-7H2,1-3H3;1-2,7,10H,3-6,8H2;1-3H,4H2;1-3,6H,4H2;2*1H4;;2*1H/i/hT2. The van der Waals surface area contributed by atoms with Gasteiger partial charge in [0.05, 0.1) is 12.5 Å². The fraction of sp³-hybridized carbons (Fsp3) is 0.591. The summed E-state index contributed by atoms with van der Waals surface area (Å²) in [5.74, 6) is 0.650. The van der Waals surface area contributed by atoms with Gasteiger partial charge < -0.3 is 35.0 Å². The van der Waals surface area contributed by atoms with Gasteiger partial charge in [-0.05, 0) is 87.3 Å². The third-order valence-corrected chi connectivity index (χ3v) is 12.3. The molecule has 2 amide bonds. The van der Waals surface area contributed by atoms with Crippen LogP contribution in [0.3, 0.4) is 0 Å². The fourth-order valence-corrected chi connectivity index (χ4v) is 8.38. The third-order valence-electron chi connectivity index (χ3n) is 8.37. The summed E-state index contributed by atoms with van der Waals surface area (Å²) in [5.41, 5.74) is -0.798. The molecule has 3 saturated heterocycles. The Hall–Kier alpha value is -1.98. The van der Waals surface area contributed by atoms with E-state index < -0.39 is 14.8 Å². The van der Waals surface area contributed by atoms with Crippen molar-refractivity contribution in [1.29, 1.82) is 2.90 Å². The van der Waals surface area contributed by atoms with Crippen molar-refractivity contribution in [2.45, 2.75) is 93.2 Å². The number of aliphatic hydroxyl groups excluding tert-OH is 1. The molecule has 0 atom stereocenters. The van der Waals surface area contributed by atoms with E-state index in [0.29, 0.717) is 5.88 Å². The number of alkyl halides is 1. The number of nitrogens with one attached hydrogen (secondary N) is 2. The van der Waals surface area contributed by atoms with Crippen molar-refractivity contribution >= 4 is 99.7 Å². The topological polar surface area (TPSA) is 127 Å². The smallest absolute Gasteiger partial charge is 0.410 e. The Kier molecular flexibility index (Phi) is 37.7. The highest BCUT2D eigenvalue weighted by Crippen LogP contribution is 2.16. The summed E-state index contributed by atoms with van der Waals surface area (Å²) in [7, 11) is 7.36. The molecule has 4 aromatic heterocycles. The van der Waals surface area contributed by atoms with Crippen molar-refractivity contribution in [3.8, 4) is 0 Å². The number of halogens is 5. The first kappa shape index (κ1) is 64.0. The summed E-state index contributed by atoms with van der Waals surface area (Å²) < 4.78 is 45.7. The highest BCUT2D eigenvalue weighted by Gasteiger charge is 2.26. The molecule has 0 saturated carbocycles. The lowest BCUT2D eigenvalue weighted by molar-refractivity contribution is 0.0138. The molecule has 0 bridgehead atoms. The predicted octanol–water partition coefficient (Wildman–Crippen LogP) is 11.1. The van der Waals surface area contributed by atoms with Crippen molar-refractivity contribution in [3.63, 3.8) is 0 Å². The second-order valence-corrected chi connectivity index (χ2v) is 22.7. The zero-order chi connectivity index (χ0) is 49.8. The highest BCUT2D eigenvalue weighted by atomic mass is 36.0. The van der Waals surface area contributed by atoms with Crippen molar-refractivity contribution in [2.24, 2.45) is 0 Å². The Morgan fingerprint density at radius 1 is 0.636 bits per heavy atom. The van der Waals surface area contributed by atoms with Gasteiger partial charge in [-0.15, -0.1) is 56.9 Å². The number of hydrogen-bond donors (Lipinski definition) is 3. The van der Waals surface area contributed by atoms with Gasteiger partial charge >= 0.3 is 12.2 Å². The monoisotopic (exact) mass is 1090 g/mol. The van der Waals surface area contributed by atoms with Gasteiger partial charge in [-0.25, -0.2) is 13.8 Å². The van der Waals surface area contributed by atoms with E-state index in [1.807, 2.05) is 87.9 Å². The van der Waals surface area contributed by atoms with Gasteiger partial charge in [0.2, 0.25) is 9.23 Å². The molecule has 3 fully saturated rings. The van der Waals surface area contributed by atoms with Gasteiger partial charge in [0.25, 0.3) is 2.90 Å². The first-order valence-corrected chi connectivity index (χ1v) is 27.2. The molecule has 0 unspecified atom stereocenters. The lowest BCUT2D eigenvalue weighted by atomic mass is 10.2. The average molecular weight is 1090 g/mol. The number of rotatable bonds is 6. The molecule has 0 spiro atoms. The quantitative estimate of drug-likeness (QED) is 0.127. The minimum atomic E-state index is -1.67. The predicted molar refractivity (Wildman–Crippen MR) is 283 cm³/mol. The summed E-state index contributed by atoms with van der Waals surface area (Å²) in [6.45, 7) is 24.9. The lowest BCUT2D eigenvalue weighted by Crippen LogP contribution is -2.49. The van der Waals surface area contributed by atoms with Crippen LogP contribution in [0.4, 0.5) is 19.0 Å². The van der Waals surface area contributed by atoms with Gasteiger partial charge in [0, 0.05) is 132 Å². The molecule has 12 nitrogen and oxygen atoms in total. The number of ether oxygens (including phenoxy) is 2. The van der Waals surface area contributed by atoms with Crippen LogP contribution in [0.2, 0.25) is 0 Å². The van der Waals surface area contributed by atoms with E-state index in [1.54, 1.807) is 43.8 Å². The van der Waals surface area contributed by atoms with Gasteiger partial charge in [0.15, 0.2) is 0 Å². The Balaban J connectivity index is -0.000000769. The van der Waals surface area contributed by atoms with Crippen molar-refractivity contribution in [3.05, 3.63) is 89.6 Å². The Bertz CT molecular complexity index is 1700. The van der Waals surface area contributed by atoms with Crippen LogP contribution in [0, 0.1) is 0 Å². The molecular formula is C44H75Cl3F2N6O6S5. The molecule has 3 aliphatic rings. The molecular weight excluding hydrogens is 1010 g/mol. The zero-order valence-electron chi connectivity index (χ0n) is 39.5. The van der Waals surface area contributed by atoms with Gasteiger partial charge in [0.1, 0.15) is 11.2 Å². The van der Waals surface area contributed by atoms with Gasteiger partial charge in [-0.2, -0.15) is 0 Å². The van der Waals surface area contributed by atoms with Crippen LogP contribution >= 0.6 is 78.3 Å². The molecule has 3 N–H and O–H groups in total. The maximum absolute atomic E-state index is 11.9. The summed E-state index contributed by atoms with van der Waals surface area (Å²) in [6, 6.07) is 16.4. The summed E-state index contributed by atoms with van der Waals surface area (Å²) in [6.07, 6.45) is -0.391. The van der Waals surface area contributed by atoms with E-state index in [9.17, 15) is 9.59 Å². The Morgan fingerprint density at radius 2 is 0.955 bits per heavy atom. The molecule has 0 aliphatic carbocycles. The van der Waals surface area contributed by atoms with Gasteiger partial charge in [-0.3, -0.25) is 19.2 Å². The summed E-state index contributed by atoms with van der Waals surface area (Å²) in [4.78, 5) is 37.0.